The lowest BCUT2D eigenvalue weighted by Gasteiger charge is -2.52. The van der Waals surface area contributed by atoms with Gasteiger partial charge in [-0.2, -0.15) is 0 Å². The minimum Gasteiger partial charge on any atom is -0.497 e. The second kappa shape index (κ2) is 15.6. The molecule has 10 atom stereocenters. The maximum atomic E-state index is 7.30. The van der Waals surface area contributed by atoms with Gasteiger partial charge in [0.25, 0.3) is 0 Å². The molecule has 10 heteroatoms. The highest BCUT2D eigenvalue weighted by Gasteiger charge is 2.46. The van der Waals surface area contributed by atoms with Gasteiger partial charge < -0.3 is 18.9 Å². The second-order valence-corrected chi connectivity index (χ2v) is 17.0. The number of rotatable bonds is 12. The van der Waals surface area contributed by atoms with Crippen molar-refractivity contribution in [2.45, 2.75) is 76.7 Å². The standard InChI is InChI=1S/C48H54N6O4/c1-5-29-27-53-21-17-31(29)23-43(53)45(35-15-19-49-41-13-11-33(55-3)25-39(35)41)57-47-37-9-7-8-10-38(37)48(52-51-47)58-46(44-24-32-18-22-54(44)28-30(32)6-2)36-16-20-50-42-14-12-34(56-4)26-40(36)42/h7-16,19-20,25-26,29-32,43-46H,5-6,17-18,21-24,27-28H2,1-4H3/t29-,30+,31-,32?,43?,44?,45?,46?/m1/s1. The summed E-state index contributed by atoms with van der Waals surface area (Å²) in [6.07, 6.45) is 10.2. The largest absolute Gasteiger partial charge is 0.497 e. The van der Waals surface area contributed by atoms with Gasteiger partial charge in [0.2, 0.25) is 11.8 Å². The van der Waals surface area contributed by atoms with Gasteiger partial charge in [0.05, 0.1) is 48.1 Å². The van der Waals surface area contributed by atoms with Gasteiger partial charge >= 0.3 is 0 Å². The second-order valence-electron chi connectivity index (χ2n) is 17.0. The van der Waals surface area contributed by atoms with Crippen LogP contribution in [0.3, 0.4) is 0 Å². The van der Waals surface area contributed by atoms with Crippen molar-refractivity contribution in [1.82, 2.24) is 30.0 Å². The van der Waals surface area contributed by atoms with Crippen molar-refractivity contribution in [1.29, 1.82) is 0 Å². The maximum absolute atomic E-state index is 7.30. The lowest BCUT2D eigenvalue weighted by Crippen LogP contribution is -2.56. The van der Waals surface area contributed by atoms with Crippen LogP contribution in [0.25, 0.3) is 32.6 Å². The van der Waals surface area contributed by atoms with Crippen LogP contribution >= 0.6 is 0 Å². The van der Waals surface area contributed by atoms with Crippen molar-refractivity contribution in [3.63, 3.8) is 0 Å². The highest BCUT2D eigenvalue weighted by molar-refractivity contribution is 5.91. The van der Waals surface area contributed by atoms with Crippen LogP contribution in [0.2, 0.25) is 0 Å². The molecule has 9 heterocycles. The Morgan fingerprint density at radius 3 is 1.47 bits per heavy atom. The Balaban J connectivity index is 1.06. The number of benzene rings is 3. The third kappa shape index (κ3) is 6.58. The van der Waals surface area contributed by atoms with Crippen molar-refractivity contribution in [3.8, 4) is 23.3 Å². The molecular formula is C48H54N6O4. The quantitative estimate of drug-likeness (QED) is 0.120. The first kappa shape index (κ1) is 37.2. The zero-order valence-corrected chi connectivity index (χ0v) is 34.1. The third-order valence-electron chi connectivity index (χ3n) is 14.3. The van der Waals surface area contributed by atoms with Gasteiger partial charge in [-0.25, -0.2) is 0 Å². The van der Waals surface area contributed by atoms with Crippen LogP contribution in [0.15, 0.2) is 85.2 Å². The normalized spacial score (nSPS) is 27.4. The zero-order valence-electron chi connectivity index (χ0n) is 34.1. The van der Waals surface area contributed by atoms with E-state index in [-0.39, 0.29) is 24.3 Å². The minimum absolute atomic E-state index is 0.180. The molecule has 10 nitrogen and oxygen atoms in total. The van der Waals surface area contributed by atoms with E-state index in [1.807, 2.05) is 36.7 Å². The summed E-state index contributed by atoms with van der Waals surface area (Å²) in [4.78, 5) is 14.8. The summed E-state index contributed by atoms with van der Waals surface area (Å²) < 4.78 is 26.0. The molecule has 0 spiro atoms. The Hall–Kier alpha value is -5.06. The van der Waals surface area contributed by atoms with Gasteiger partial charge in [0, 0.05) is 47.4 Å². The summed E-state index contributed by atoms with van der Waals surface area (Å²) in [5, 5.41) is 13.7. The molecule has 7 unspecified atom stereocenters. The molecule has 0 radical (unpaired) electrons. The lowest BCUT2D eigenvalue weighted by atomic mass is 9.72. The number of piperidine rings is 6. The molecule has 4 bridgehead atoms. The van der Waals surface area contributed by atoms with E-state index >= 15 is 0 Å². The first-order chi connectivity index (χ1) is 28.5. The van der Waals surface area contributed by atoms with Gasteiger partial charge in [-0.1, -0.05) is 38.8 Å². The molecule has 12 rings (SSSR count). The first-order valence-corrected chi connectivity index (χ1v) is 21.5. The molecule has 6 fully saturated rings. The minimum atomic E-state index is -0.300. The topological polar surface area (TPSA) is 95.0 Å². The van der Waals surface area contributed by atoms with E-state index in [1.165, 1.54) is 25.7 Å². The fourth-order valence-electron chi connectivity index (χ4n) is 11.1. The zero-order chi connectivity index (χ0) is 39.3. The lowest BCUT2D eigenvalue weighted by molar-refractivity contribution is -0.0505. The van der Waals surface area contributed by atoms with Crippen LogP contribution in [0, 0.1) is 23.7 Å². The molecule has 58 heavy (non-hydrogen) atoms. The molecular weight excluding hydrogens is 725 g/mol. The van der Waals surface area contributed by atoms with Crippen molar-refractivity contribution in [3.05, 3.63) is 96.3 Å². The molecule has 0 N–H and O–H groups in total. The van der Waals surface area contributed by atoms with Crippen molar-refractivity contribution in [2.24, 2.45) is 23.7 Å². The number of pyridine rings is 2. The number of hydrogen-bond donors (Lipinski definition) is 0. The fraction of sp³-hybridized carbons (Fsp3) is 0.458. The molecule has 300 valence electrons. The number of fused-ring (bicyclic) bond motifs is 9. The van der Waals surface area contributed by atoms with Crippen molar-refractivity contribution < 1.29 is 18.9 Å². The van der Waals surface area contributed by atoms with E-state index in [0.29, 0.717) is 35.4 Å². The number of hydrogen-bond acceptors (Lipinski definition) is 10. The molecule has 6 aliphatic rings. The van der Waals surface area contributed by atoms with Gasteiger partial charge in [-0.15, -0.1) is 10.2 Å². The summed E-state index contributed by atoms with van der Waals surface area (Å²) in [6, 6.07) is 25.1. The van der Waals surface area contributed by atoms with E-state index < -0.39 is 0 Å². The SMILES string of the molecule is CC[C@H]1CN2CCC1CC2C(Oc1nnc(OC(c2ccnc3ccc(OC)cc23)C2C[C@H]3CCN2C[C@H]3CC)c2ccccc12)c1ccnc2ccc(OC)cc12. The average molecular weight is 779 g/mol. The Morgan fingerprint density at radius 2 is 1.07 bits per heavy atom. The first-order valence-electron chi connectivity index (χ1n) is 21.5. The average Bonchev–Trinajstić information content (AvgIpc) is 3.29. The number of methoxy groups -OCH3 is 2. The van der Waals surface area contributed by atoms with Crippen LogP contribution in [-0.2, 0) is 0 Å². The summed E-state index contributed by atoms with van der Waals surface area (Å²) in [5.74, 6) is 5.39. The number of nitrogens with zero attached hydrogens (tertiary/aromatic N) is 6. The van der Waals surface area contributed by atoms with Crippen LogP contribution in [0.4, 0.5) is 0 Å². The highest BCUT2D eigenvalue weighted by Crippen LogP contribution is 2.47. The monoisotopic (exact) mass is 778 g/mol. The third-order valence-corrected chi connectivity index (χ3v) is 14.3. The molecule has 0 aliphatic carbocycles. The van der Waals surface area contributed by atoms with E-state index in [2.05, 4.69) is 72.2 Å². The van der Waals surface area contributed by atoms with E-state index in [4.69, 9.17) is 39.1 Å². The van der Waals surface area contributed by atoms with Crippen LogP contribution < -0.4 is 18.9 Å². The van der Waals surface area contributed by atoms with Crippen LogP contribution in [0.1, 0.15) is 75.7 Å². The fourth-order valence-corrected chi connectivity index (χ4v) is 11.1. The highest BCUT2D eigenvalue weighted by atomic mass is 16.5. The summed E-state index contributed by atoms with van der Waals surface area (Å²) >= 11 is 0. The summed E-state index contributed by atoms with van der Waals surface area (Å²) in [6.45, 7) is 9.00. The molecule has 0 saturated carbocycles. The van der Waals surface area contributed by atoms with E-state index in [1.54, 1.807) is 14.2 Å². The van der Waals surface area contributed by atoms with Crippen LogP contribution in [-0.4, -0.2) is 82.4 Å². The van der Waals surface area contributed by atoms with Crippen molar-refractivity contribution in [2.75, 3.05) is 40.4 Å². The van der Waals surface area contributed by atoms with Gasteiger partial charge in [0.1, 0.15) is 23.7 Å². The summed E-state index contributed by atoms with van der Waals surface area (Å²) in [5.41, 5.74) is 4.01. The predicted molar refractivity (Wildman–Crippen MR) is 227 cm³/mol. The molecule has 6 saturated heterocycles. The molecule has 3 aromatic carbocycles. The van der Waals surface area contributed by atoms with Gasteiger partial charge in [-0.3, -0.25) is 19.8 Å². The van der Waals surface area contributed by atoms with Crippen LogP contribution in [0.5, 0.6) is 23.3 Å². The predicted octanol–water partition coefficient (Wildman–Crippen LogP) is 9.22. The van der Waals surface area contributed by atoms with Gasteiger partial charge in [-0.05, 0) is 123 Å². The Morgan fingerprint density at radius 1 is 0.603 bits per heavy atom. The Bertz CT molecular complexity index is 2280. The Kier molecular flexibility index (Phi) is 10.0. The smallest absolute Gasteiger partial charge is 0.242 e. The molecule has 6 aliphatic heterocycles. The van der Waals surface area contributed by atoms with Crippen molar-refractivity contribution >= 4 is 32.6 Å². The van der Waals surface area contributed by atoms with Gasteiger partial charge in [0.15, 0.2) is 0 Å². The maximum Gasteiger partial charge on any atom is 0.242 e. The van der Waals surface area contributed by atoms with E-state index in [0.717, 1.165) is 94.2 Å². The Labute approximate surface area is 340 Å². The number of aromatic nitrogens is 4. The summed E-state index contributed by atoms with van der Waals surface area (Å²) in [7, 11) is 3.42. The molecule has 0 amide bonds. The van der Waals surface area contributed by atoms with E-state index in [9.17, 15) is 0 Å². The number of ether oxygens (including phenoxy) is 4. The molecule has 6 aromatic rings. The molecule has 3 aromatic heterocycles.